The molecule has 3 aromatic carbocycles. The van der Waals surface area contributed by atoms with Crippen LogP contribution >= 0.6 is 11.6 Å². The quantitative estimate of drug-likeness (QED) is 0.622. The summed E-state index contributed by atoms with van der Waals surface area (Å²) in [5.41, 5.74) is 2.15. The highest BCUT2D eigenvalue weighted by molar-refractivity contribution is 6.30. The van der Waals surface area contributed by atoms with E-state index < -0.39 is 0 Å². The fraction of sp³-hybridized carbons (Fsp3) is 0. The van der Waals surface area contributed by atoms with Crippen molar-refractivity contribution in [1.82, 2.24) is 0 Å². The lowest BCUT2D eigenvalue weighted by Gasteiger charge is -2.06. The molecule has 0 saturated heterocycles. The van der Waals surface area contributed by atoms with Crippen LogP contribution in [0.25, 0.3) is 6.08 Å². The molecule has 0 aromatic heterocycles. The molecule has 28 heavy (non-hydrogen) atoms. The summed E-state index contributed by atoms with van der Waals surface area (Å²) >= 11 is 5.84. The Kier molecular flexibility index (Phi) is 4.59. The van der Waals surface area contributed by atoms with Gasteiger partial charge in [-0.05, 0) is 60.2 Å². The minimum atomic E-state index is -0.266. The zero-order valence-electron chi connectivity index (χ0n) is 14.5. The molecule has 1 aliphatic heterocycles. The number of nitrogens with one attached hydrogen (secondary N) is 1. The number of benzene rings is 3. The van der Waals surface area contributed by atoms with Gasteiger partial charge < -0.3 is 15.2 Å². The summed E-state index contributed by atoms with van der Waals surface area (Å²) < 4.78 is 5.56. The lowest BCUT2D eigenvalue weighted by molar-refractivity contribution is 0.101. The van der Waals surface area contributed by atoms with Gasteiger partial charge in [-0.25, -0.2) is 0 Å². The maximum atomic E-state index is 12.4. The summed E-state index contributed by atoms with van der Waals surface area (Å²) in [5, 5.41) is 12.9. The molecule has 0 radical (unpaired) electrons. The van der Waals surface area contributed by atoms with E-state index in [0.717, 1.165) is 0 Å². The van der Waals surface area contributed by atoms with Crippen molar-refractivity contribution < 1.29 is 19.4 Å². The second kappa shape index (κ2) is 7.21. The molecule has 1 aliphatic rings. The van der Waals surface area contributed by atoms with Gasteiger partial charge in [-0.1, -0.05) is 23.7 Å². The summed E-state index contributed by atoms with van der Waals surface area (Å²) in [6.07, 6.45) is 1.59. The number of amides is 1. The van der Waals surface area contributed by atoms with Crippen molar-refractivity contribution in [3.8, 4) is 11.5 Å². The number of allylic oxidation sites excluding steroid dienone is 1. The number of ketones is 1. The minimum absolute atomic E-state index is 0.0275. The third kappa shape index (κ3) is 3.61. The van der Waals surface area contributed by atoms with E-state index in [1.54, 1.807) is 54.6 Å². The average molecular weight is 392 g/mol. The summed E-state index contributed by atoms with van der Waals surface area (Å²) in [7, 11) is 0. The van der Waals surface area contributed by atoms with Crippen LogP contribution in [0.2, 0.25) is 5.02 Å². The van der Waals surface area contributed by atoms with Gasteiger partial charge in [-0.3, -0.25) is 9.59 Å². The summed E-state index contributed by atoms with van der Waals surface area (Å²) in [6.45, 7) is 0. The van der Waals surface area contributed by atoms with Crippen LogP contribution in [0.15, 0.2) is 72.5 Å². The Hall–Kier alpha value is -3.57. The first-order valence-electron chi connectivity index (χ1n) is 8.44. The number of carbonyl (C=O) groups is 2. The number of halogens is 1. The van der Waals surface area contributed by atoms with Gasteiger partial charge in [0.2, 0.25) is 5.78 Å². The van der Waals surface area contributed by atoms with Gasteiger partial charge in [-0.15, -0.1) is 0 Å². The number of phenolic OH excluding ortho intramolecular Hbond substituents is 1. The second-order valence-corrected chi connectivity index (χ2v) is 6.64. The maximum absolute atomic E-state index is 12.4. The van der Waals surface area contributed by atoms with Crippen molar-refractivity contribution in [1.29, 1.82) is 0 Å². The van der Waals surface area contributed by atoms with Crippen LogP contribution in [0.5, 0.6) is 11.5 Å². The third-order valence-corrected chi connectivity index (χ3v) is 4.45. The van der Waals surface area contributed by atoms with Gasteiger partial charge in [-0.2, -0.15) is 0 Å². The smallest absolute Gasteiger partial charge is 0.255 e. The number of anilines is 1. The first-order valence-corrected chi connectivity index (χ1v) is 8.82. The summed E-state index contributed by atoms with van der Waals surface area (Å²) in [5.74, 6) is -0.0203. The van der Waals surface area contributed by atoms with Crippen LogP contribution < -0.4 is 10.1 Å². The van der Waals surface area contributed by atoms with Crippen molar-refractivity contribution in [3.63, 3.8) is 0 Å². The van der Waals surface area contributed by atoms with E-state index in [9.17, 15) is 14.7 Å². The standard InChI is InChI=1S/C22H14ClNO4/c23-15-6-4-14(5-7-15)22(27)24-16-3-1-2-13(10-16)11-20-21(26)18-9-8-17(25)12-19(18)28-20/h1-12,25H,(H,24,27)/b20-11+. The SMILES string of the molecule is O=C(Nc1cccc(/C=C2/Oc3cc(O)ccc3C2=O)c1)c1ccc(Cl)cc1. The van der Waals surface area contributed by atoms with E-state index in [-0.39, 0.29) is 23.2 Å². The molecule has 5 nitrogen and oxygen atoms in total. The Morgan fingerprint density at radius 1 is 1.04 bits per heavy atom. The van der Waals surface area contributed by atoms with Crippen molar-refractivity contribution >= 4 is 35.1 Å². The monoisotopic (exact) mass is 391 g/mol. The van der Waals surface area contributed by atoms with E-state index in [2.05, 4.69) is 5.32 Å². The van der Waals surface area contributed by atoms with Gasteiger partial charge in [0.15, 0.2) is 5.76 Å². The zero-order chi connectivity index (χ0) is 19.7. The van der Waals surface area contributed by atoms with Gasteiger partial charge in [0.05, 0.1) is 5.56 Å². The van der Waals surface area contributed by atoms with Gasteiger partial charge in [0.1, 0.15) is 11.5 Å². The highest BCUT2D eigenvalue weighted by Crippen LogP contribution is 2.34. The molecule has 3 aromatic rings. The number of aromatic hydroxyl groups is 1. The molecule has 1 amide bonds. The molecule has 0 fully saturated rings. The first-order chi connectivity index (χ1) is 13.5. The number of carbonyl (C=O) groups excluding carboxylic acids is 2. The van der Waals surface area contributed by atoms with Crippen LogP contribution in [0.1, 0.15) is 26.3 Å². The molecule has 0 unspecified atom stereocenters. The first kappa shape index (κ1) is 17.8. The molecule has 4 rings (SSSR count). The Balaban J connectivity index is 1.54. The molecule has 138 valence electrons. The highest BCUT2D eigenvalue weighted by Gasteiger charge is 2.27. The zero-order valence-corrected chi connectivity index (χ0v) is 15.2. The molecule has 0 bridgehead atoms. The van der Waals surface area contributed by atoms with Crippen molar-refractivity contribution in [2.45, 2.75) is 0 Å². The summed E-state index contributed by atoms with van der Waals surface area (Å²) in [4.78, 5) is 24.8. The number of rotatable bonds is 3. The number of ether oxygens (including phenoxy) is 1. The van der Waals surface area contributed by atoms with Crippen LogP contribution in [0.4, 0.5) is 5.69 Å². The van der Waals surface area contributed by atoms with Crippen molar-refractivity contribution in [2.24, 2.45) is 0 Å². The van der Waals surface area contributed by atoms with Crippen LogP contribution in [-0.4, -0.2) is 16.8 Å². The Morgan fingerprint density at radius 3 is 2.61 bits per heavy atom. The molecule has 2 N–H and O–H groups in total. The normalized spacial score (nSPS) is 13.9. The van der Waals surface area contributed by atoms with Gasteiger partial charge >= 0.3 is 0 Å². The predicted molar refractivity (Wildman–Crippen MR) is 107 cm³/mol. The van der Waals surface area contributed by atoms with E-state index in [4.69, 9.17) is 16.3 Å². The van der Waals surface area contributed by atoms with E-state index in [0.29, 0.717) is 33.1 Å². The predicted octanol–water partition coefficient (Wildman–Crippen LogP) is 4.91. The Bertz CT molecular complexity index is 1120. The van der Waals surface area contributed by atoms with E-state index in [1.165, 1.54) is 18.2 Å². The molecule has 0 spiro atoms. The third-order valence-electron chi connectivity index (χ3n) is 4.20. The van der Waals surface area contributed by atoms with Crippen LogP contribution in [-0.2, 0) is 0 Å². The van der Waals surface area contributed by atoms with Crippen LogP contribution in [0.3, 0.4) is 0 Å². The number of fused-ring (bicyclic) bond motifs is 1. The molecule has 0 aliphatic carbocycles. The summed E-state index contributed by atoms with van der Waals surface area (Å²) in [6, 6.07) is 18.0. The maximum Gasteiger partial charge on any atom is 0.255 e. The van der Waals surface area contributed by atoms with E-state index in [1.807, 2.05) is 0 Å². The van der Waals surface area contributed by atoms with E-state index >= 15 is 0 Å². The number of phenols is 1. The lowest BCUT2D eigenvalue weighted by atomic mass is 10.1. The Morgan fingerprint density at radius 2 is 1.82 bits per heavy atom. The Labute approximate surface area is 165 Å². The molecular weight excluding hydrogens is 378 g/mol. The molecule has 1 heterocycles. The highest BCUT2D eigenvalue weighted by atomic mass is 35.5. The number of hydrogen-bond donors (Lipinski definition) is 2. The fourth-order valence-electron chi connectivity index (χ4n) is 2.84. The number of Topliss-reactive ketones (excluding diaryl/α,β-unsaturated/α-hetero) is 1. The van der Waals surface area contributed by atoms with Crippen LogP contribution in [0, 0.1) is 0 Å². The number of hydrogen-bond acceptors (Lipinski definition) is 4. The van der Waals surface area contributed by atoms with Gasteiger partial charge in [0, 0.05) is 22.3 Å². The molecule has 6 heteroatoms. The van der Waals surface area contributed by atoms with Crippen molar-refractivity contribution in [3.05, 3.63) is 94.2 Å². The van der Waals surface area contributed by atoms with Crippen molar-refractivity contribution in [2.75, 3.05) is 5.32 Å². The minimum Gasteiger partial charge on any atom is -0.508 e. The largest absolute Gasteiger partial charge is 0.508 e. The fourth-order valence-corrected chi connectivity index (χ4v) is 2.96. The van der Waals surface area contributed by atoms with Gasteiger partial charge in [0.25, 0.3) is 5.91 Å². The molecular formula is C22H14ClNO4. The lowest BCUT2D eigenvalue weighted by Crippen LogP contribution is -2.11. The molecule has 0 saturated carbocycles. The topological polar surface area (TPSA) is 75.6 Å². The molecule has 0 atom stereocenters. The average Bonchev–Trinajstić information content (AvgIpc) is 2.97. The second-order valence-electron chi connectivity index (χ2n) is 6.21.